The summed E-state index contributed by atoms with van der Waals surface area (Å²) < 4.78 is 10.9. The van der Waals surface area contributed by atoms with Crippen molar-refractivity contribution in [3.05, 3.63) is 29.8 Å². The van der Waals surface area contributed by atoms with Gasteiger partial charge in [0.15, 0.2) is 0 Å². The number of benzene rings is 1. The first-order chi connectivity index (χ1) is 11.2. The van der Waals surface area contributed by atoms with Gasteiger partial charge in [0, 0.05) is 12.7 Å². The van der Waals surface area contributed by atoms with E-state index in [-0.39, 0.29) is 24.7 Å². The number of ether oxygens (including phenoxy) is 2. The minimum Gasteiger partial charge on any atom is -0.444 e. The Bertz CT molecular complexity index is 603. The predicted octanol–water partition coefficient (Wildman–Crippen LogP) is 2.59. The Morgan fingerprint density at radius 2 is 1.96 bits per heavy atom. The molecule has 0 spiro atoms. The van der Waals surface area contributed by atoms with Crippen molar-refractivity contribution in [1.29, 1.82) is 0 Å². The van der Waals surface area contributed by atoms with Crippen LogP contribution in [0.3, 0.4) is 0 Å². The molecule has 0 bridgehead atoms. The molecular formula is C18H26N2O4. The van der Waals surface area contributed by atoms with Crippen LogP contribution in [0.15, 0.2) is 24.3 Å². The van der Waals surface area contributed by atoms with E-state index < -0.39 is 5.60 Å². The maximum Gasteiger partial charge on any atom is 0.410 e. The fraction of sp³-hybridized carbons (Fsp3) is 0.556. The Kier molecular flexibility index (Phi) is 5.49. The lowest BCUT2D eigenvalue weighted by molar-refractivity contribution is -0.128. The van der Waals surface area contributed by atoms with Crippen molar-refractivity contribution >= 4 is 17.7 Å². The molecule has 1 aliphatic rings. The Morgan fingerprint density at radius 1 is 1.29 bits per heavy atom. The lowest BCUT2D eigenvalue weighted by Crippen LogP contribution is -2.56. The molecule has 132 valence electrons. The van der Waals surface area contributed by atoms with Crippen LogP contribution in [0, 0.1) is 6.92 Å². The molecule has 0 saturated carbocycles. The number of nitrogens with zero attached hydrogens (tertiary/aromatic N) is 2. The van der Waals surface area contributed by atoms with Crippen molar-refractivity contribution in [2.75, 3.05) is 31.6 Å². The van der Waals surface area contributed by atoms with Crippen molar-refractivity contribution < 1.29 is 19.1 Å². The van der Waals surface area contributed by atoms with Crippen LogP contribution in [-0.4, -0.2) is 55.3 Å². The summed E-state index contributed by atoms with van der Waals surface area (Å²) >= 11 is 0. The van der Waals surface area contributed by atoms with Gasteiger partial charge in [-0.25, -0.2) is 4.79 Å². The Balaban J connectivity index is 1.73. The van der Waals surface area contributed by atoms with E-state index >= 15 is 0 Å². The fourth-order valence-electron chi connectivity index (χ4n) is 2.29. The Morgan fingerprint density at radius 3 is 2.54 bits per heavy atom. The second kappa shape index (κ2) is 7.21. The molecule has 6 nitrogen and oxygen atoms in total. The molecule has 2 amide bonds. The minimum absolute atomic E-state index is 0.00271. The monoisotopic (exact) mass is 334 g/mol. The number of rotatable bonds is 4. The molecule has 1 aromatic carbocycles. The average Bonchev–Trinajstić information content (AvgIpc) is 2.42. The summed E-state index contributed by atoms with van der Waals surface area (Å²) in [6.45, 7) is 8.39. The predicted molar refractivity (Wildman–Crippen MR) is 92.1 cm³/mol. The lowest BCUT2D eigenvalue weighted by Gasteiger charge is -2.39. The number of carbonyl (C=O) groups excluding carboxylic acids is 2. The van der Waals surface area contributed by atoms with Crippen LogP contribution in [0.1, 0.15) is 26.3 Å². The molecule has 1 fully saturated rings. The van der Waals surface area contributed by atoms with Gasteiger partial charge in [-0.05, 0) is 45.4 Å². The van der Waals surface area contributed by atoms with Crippen LogP contribution in [0.25, 0.3) is 0 Å². The second-order valence-electron chi connectivity index (χ2n) is 7.11. The summed E-state index contributed by atoms with van der Waals surface area (Å²) in [6, 6.07) is 7.74. The number of aryl methyl sites for hydroxylation is 1. The number of amides is 2. The molecule has 1 heterocycles. The summed E-state index contributed by atoms with van der Waals surface area (Å²) in [5, 5.41) is 0. The van der Waals surface area contributed by atoms with Crippen molar-refractivity contribution in [3.8, 4) is 0 Å². The lowest BCUT2D eigenvalue weighted by atomic mass is 10.1. The van der Waals surface area contributed by atoms with E-state index in [0.29, 0.717) is 13.1 Å². The molecule has 1 saturated heterocycles. The van der Waals surface area contributed by atoms with Gasteiger partial charge < -0.3 is 19.3 Å². The number of hydrogen-bond acceptors (Lipinski definition) is 4. The van der Waals surface area contributed by atoms with Crippen molar-refractivity contribution in [1.82, 2.24) is 4.90 Å². The molecule has 1 aliphatic heterocycles. The van der Waals surface area contributed by atoms with Gasteiger partial charge in [-0.15, -0.1) is 0 Å². The van der Waals surface area contributed by atoms with Gasteiger partial charge in [0.25, 0.3) is 5.91 Å². The van der Waals surface area contributed by atoms with Crippen molar-refractivity contribution in [2.45, 2.75) is 39.4 Å². The third-order valence-corrected chi connectivity index (χ3v) is 3.71. The van der Waals surface area contributed by atoms with Gasteiger partial charge in [0.05, 0.1) is 19.2 Å². The standard InChI is InChI=1S/C18H26N2O4/c1-13-7-6-8-14(9-13)19(5)16(21)12-23-15-10-20(11-15)17(22)24-18(2,3)4/h6-9,15H,10-12H2,1-5H3. The summed E-state index contributed by atoms with van der Waals surface area (Å²) in [5.41, 5.74) is 1.43. The number of hydrogen-bond donors (Lipinski definition) is 0. The van der Waals surface area contributed by atoms with Gasteiger partial charge in [-0.3, -0.25) is 4.79 Å². The maximum atomic E-state index is 12.2. The molecule has 24 heavy (non-hydrogen) atoms. The first-order valence-corrected chi connectivity index (χ1v) is 8.08. The highest BCUT2D eigenvalue weighted by molar-refractivity contribution is 5.93. The quantitative estimate of drug-likeness (QED) is 0.849. The van der Waals surface area contributed by atoms with Crippen LogP contribution in [0.2, 0.25) is 0 Å². The van der Waals surface area contributed by atoms with E-state index in [9.17, 15) is 9.59 Å². The van der Waals surface area contributed by atoms with Crippen LogP contribution in [-0.2, 0) is 14.3 Å². The van der Waals surface area contributed by atoms with Gasteiger partial charge in [0.1, 0.15) is 12.2 Å². The first-order valence-electron chi connectivity index (χ1n) is 8.08. The molecule has 0 N–H and O–H groups in total. The molecule has 0 unspecified atom stereocenters. The van der Waals surface area contributed by atoms with E-state index in [1.54, 1.807) is 16.8 Å². The summed E-state index contributed by atoms with van der Waals surface area (Å²) in [7, 11) is 1.73. The average molecular weight is 334 g/mol. The molecule has 0 aliphatic carbocycles. The third-order valence-electron chi connectivity index (χ3n) is 3.71. The van der Waals surface area contributed by atoms with Crippen LogP contribution in [0.4, 0.5) is 10.5 Å². The first kappa shape index (κ1) is 18.3. The van der Waals surface area contributed by atoms with Gasteiger partial charge in [-0.2, -0.15) is 0 Å². The number of likely N-dealkylation sites (N-methyl/N-ethyl adjacent to an activating group) is 1. The van der Waals surface area contributed by atoms with E-state index in [0.717, 1.165) is 11.3 Å². The highest BCUT2D eigenvalue weighted by atomic mass is 16.6. The number of anilines is 1. The second-order valence-corrected chi connectivity index (χ2v) is 7.11. The van der Waals surface area contributed by atoms with Gasteiger partial charge >= 0.3 is 6.09 Å². The molecule has 2 rings (SSSR count). The molecular weight excluding hydrogens is 308 g/mol. The zero-order chi connectivity index (χ0) is 17.9. The van der Waals surface area contributed by atoms with Gasteiger partial charge in [0.2, 0.25) is 0 Å². The van der Waals surface area contributed by atoms with Crippen LogP contribution < -0.4 is 4.90 Å². The van der Waals surface area contributed by atoms with E-state index in [4.69, 9.17) is 9.47 Å². The van der Waals surface area contributed by atoms with E-state index in [1.165, 1.54) is 0 Å². The smallest absolute Gasteiger partial charge is 0.410 e. The Labute approximate surface area is 143 Å². The largest absolute Gasteiger partial charge is 0.444 e. The van der Waals surface area contributed by atoms with E-state index in [2.05, 4.69) is 0 Å². The summed E-state index contributed by atoms with van der Waals surface area (Å²) in [5.74, 6) is -0.115. The fourth-order valence-corrected chi connectivity index (χ4v) is 2.29. The third kappa shape index (κ3) is 4.96. The highest BCUT2D eigenvalue weighted by Crippen LogP contribution is 2.18. The summed E-state index contributed by atoms with van der Waals surface area (Å²) in [6.07, 6.45) is -0.460. The van der Waals surface area contributed by atoms with Gasteiger partial charge in [-0.1, -0.05) is 12.1 Å². The SMILES string of the molecule is Cc1cccc(N(C)C(=O)COC2CN(C(=O)OC(C)(C)C)C2)c1. The zero-order valence-electron chi connectivity index (χ0n) is 15.0. The molecule has 1 aromatic rings. The van der Waals surface area contributed by atoms with Crippen LogP contribution >= 0.6 is 0 Å². The molecule has 0 aromatic heterocycles. The highest BCUT2D eigenvalue weighted by Gasteiger charge is 2.34. The minimum atomic E-state index is -0.504. The van der Waals surface area contributed by atoms with Crippen LogP contribution in [0.5, 0.6) is 0 Å². The summed E-state index contributed by atoms with van der Waals surface area (Å²) in [4.78, 5) is 27.2. The normalized spacial score (nSPS) is 15.0. The number of likely N-dealkylation sites (tertiary alicyclic amines) is 1. The molecule has 0 radical (unpaired) electrons. The van der Waals surface area contributed by atoms with Crippen molar-refractivity contribution in [2.24, 2.45) is 0 Å². The van der Waals surface area contributed by atoms with E-state index in [1.807, 2.05) is 52.0 Å². The molecule has 0 atom stereocenters. The maximum absolute atomic E-state index is 12.2. The molecule has 6 heteroatoms. The Hall–Kier alpha value is -2.08. The number of carbonyl (C=O) groups is 2. The topological polar surface area (TPSA) is 59.1 Å². The zero-order valence-corrected chi connectivity index (χ0v) is 15.0. The van der Waals surface area contributed by atoms with Crippen molar-refractivity contribution in [3.63, 3.8) is 0 Å².